The van der Waals surface area contributed by atoms with Crippen LogP contribution in [-0.4, -0.2) is 31.4 Å². The monoisotopic (exact) mass is 224 g/mol. The van der Waals surface area contributed by atoms with E-state index in [9.17, 15) is 4.79 Å². The van der Waals surface area contributed by atoms with Crippen molar-refractivity contribution in [3.05, 3.63) is 17.7 Å². The molecule has 0 amide bonds. The second kappa shape index (κ2) is 4.30. The van der Waals surface area contributed by atoms with E-state index in [-0.39, 0.29) is 11.3 Å². The van der Waals surface area contributed by atoms with Gasteiger partial charge in [0.1, 0.15) is 11.3 Å². The van der Waals surface area contributed by atoms with E-state index in [1.54, 1.807) is 6.07 Å². The molecule has 0 spiro atoms. The van der Waals surface area contributed by atoms with E-state index in [1.807, 2.05) is 0 Å². The molecule has 1 aromatic carbocycles. The molecular weight excluding hydrogens is 212 g/mol. The van der Waals surface area contributed by atoms with Gasteiger partial charge < -0.3 is 19.3 Å². The van der Waals surface area contributed by atoms with Crippen molar-refractivity contribution in [3.63, 3.8) is 0 Å². The molecule has 2 rings (SSSR count). The van der Waals surface area contributed by atoms with Crippen LogP contribution in [0, 0.1) is 0 Å². The predicted molar refractivity (Wildman–Crippen MR) is 55.6 cm³/mol. The third-order valence-electron chi connectivity index (χ3n) is 2.30. The van der Waals surface area contributed by atoms with Gasteiger partial charge in [-0.3, -0.25) is 0 Å². The first-order valence-electron chi connectivity index (χ1n) is 4.93. The Kier molecular flexibility index (Phi) is 2.85. The van der Waals surface area contributed by atoms with E-state index in [4.69, 9.17) is 19.3 Å². The molecule has 0 radical (unpaired) electrons. The first kappa shape index (κ1) is 10.6. The highest BCUT2D eigenvalue weighted by Gasteiger charge is 2.18. The summed E-state index contributed by atoms with van der Waals surface area (Å²) in [6, 6.07) is 2.98. The number of carboxylic acids is 1. The van der Waals surface area contributed by atoms with Crippen molar-refractivity contribution in [3.8, 4) is 17.2 Å². The Morgan fingerprint density at radius 2 is 1.94 bits per heavy atom. The molecule has 0 aromatic heterocycles. The van der Waals surface area contributed by atoms with Gasteiger partial charge in [-0.05, 0) is 0 Å². The highest BCUT2D eigenvalue weighted by Crippen LogP contribution is 2.36. The Balaban J connectivity index is 2.48. The van der Waals surface area contributed by atoms with Gasteiger partial charge in [0.15, 0.2) is 11.5 Å². The molecule has 1 aromatic rings. The minimum atomic E-state index is -1.05. The molecule has 5 nitrogen and oxygen atoms in total. The fourth-order valence-electron chi connectivity index (χ4n) is 1.53. The van der Waals surface area contributed by atoms with Gasteiger partial charge in [-0.1, -0.05) is 0 Å². The number of carboxylic acid groups (broad SMARTS) is 1. The summed E-state index contributed by atoms with van der Waals surface area (Å²) in [6.07, 6.45) is 0.777. The van der Waals surface area contributed by atoms with E-state index in [1.165, 1.54) is 13.2 Å². The van der Waals surface area contributed by atoms with E-state index >= 15 is 0 Å². The van der Waals surface area contributed by atoms with Crippen LogP contribution < -0.4 is 14.2 Å². The quantitative estimate of drug-likeness (QED) is 0.825. The van der Waals surface area contributed by atoms with Crippen molar-refractivity contribution >= 4 is 5.97 Å². The topological polar surface area (TPSA) is 65.0 Å². The molecule has 86 valence electrons. The molecule has 0 saturated heterocycles. The lowest BCUT2D eigenvalue weighted by atomic mass is 10.2. The third kappa shape index (κ3) is 1.88. The molecule has 0 fully saturated rings. The van der Waals surface area contributed by atoms with Crippen LogP contribution in [0.25, 0.3) is 0 Å². The molecule has 1 aliphatic rings. The third-order valence-corrected chi connectivity index (χ3v) is 2.30. The summed E-state index contributed by atoms with van der Waals surface area (Å²) in [7, 11) is 1.42. The Labute approximate surface area is 92.5 Å². The second-order valence-corrected chi connectivity index (χ2v) is 3.35. The summed E-state index contributed by atoms with van der Waals surface area (Å²) in [6.45, 7) is 1.08. The van der Waals surface area contributed by atoms with Crippen LogP contribution in [0.3, 0.4) is 0 Å². The predicted octanol–water partition coefficient (Wildman–Crippen LogP) is 1.55. The average Bonchev–Trinajstić information content (AvgIpc) is 2.51. The van der Waals surface area contributed by atoms with Gasteiger partial charge in [0.05, 0.1) is 20.3 Å². The van der Waals surface area contributed by atoms with Gasteiger partial charge in [0, 0.05) is 18.6 Å². The van der Waals surface area contributed by atoms with Crippen LogP contribution in [0.5, 0.6) is 17.2 Å². The lowest BCUT2D eigenvalue weighted by Gasteiger charge is -2.11. The van der Waals surface area contributed by atoms with Crippen molar-refractivity contribution in [1.82, 2.24) is 0 Å². The number of benzene rings is 1. The van der Waals surface area contributed by atoms with Crippen LogP contribution in [0.2, 0.25) is 0 Å². The summed E-state index contributed by atoms with van der Waals surface area (Å²) >= 11 is 0. The largest absolute Gasteiger partial charge is 0.496 e. The zero-order chi connectivity index (χ0) is 11.5. The number of hydrogen-bond acceptors (Lipinski definition) is 4. The van der Waals surface area contributed by atoms with Crippen molar-refractivity contribution in [2.24, 2.45) is 0 Å². The van der Waals surface area contributed by atoms with E-state index in [2.05, 4.69) is 0 Å². The molecular formula is C11H12O5. The maximum absolute atomic E-state index is 11.0. The Hall–Kier alpha value is -1.91. The van der Waals surface area contributed by atoms with E-state index in [0.717, 1.165) is 6.42 Å². The lowest BCUT2D eigenvalue weighted by Crippen LogP contribution is -2.02. The first-order valence-corrected chi connectivity index (χ1v) is 4.93. The number of methoxy groups -OCH3 is 1. The molecule has 1 aliphatic heterocycles. The zero-order valence-corrected chi connectivity index (χ0v) is 8.86. The standard InChI is InChI=1S/C11H12O5/c1-14-8-6-10-9(5-7(8)11(12)13)15-3-2-4-16-10/h5-6H,2-4H2,1H3,(H,12,13). The Bertz CT molecular complexity index is 413. The Morgan fingerprint density at radius 3 is 2.50 bits per heavy atom. The number of fused-ring (bicyclic) bond motifs is 1. The van der Waals surface area contributed by atoms with Crippen LogP contribution in [0.15, 0.2) is 12.1 Å². The SMILES string of the molecule is COc1cc2c(cc1C(=O)O)OCCCO2. The molecule has 1 N–H and O–H groups in total. The van der Waals surface area contributed by atoms with Gasteiger partial charge in [-0.15, -0.1) is 0 Å². The molecule has 16 heavy (non-hydrogen) atoms. The van der Waals surface area contributed by atoms with Crippen molar-refractivity contribution in [1.29, 1.82) is 0 Å². The number of aromatic carboxylic acids is 1. The minimum absolute atomic E-state index is 0.0757. The average molecular weight is 224 g/mol. The van der Waals surface area contributed by atoms with E-state index < -0.39 is 5.97 Å². The second-order valence-electron chi connectivity index (χ2n) is 3.35. The van der Waals surface area contributed by atoms with Crippen molar-refractivity contribution in [2.75, 3.05) is 20.3 Å². The summed E-state index contributed by atoms with van der Waals surface area (Å²) in [5.74, 6) is 0.208. The van der Waals surface area contributed by atoms with Crippen molar-refractivity contribution < 1.29 is 24.1 Å². The number of hydrogen-bond donors (Lipinski definition) is 1. The van der Waals surface area contributed by atoms with Gasteiger partial charge in [-0.2, -0.15) is 0 Å². The molecule has 0 saturated carbocycles. The van der Waals surface area contributed by atoms with Crippen LogP contribution in [0.1, 0.15) is 16.8 Å². The molecule has 0 aliphatic carbocycles. The molecule has 0 atom stereocenters. The summed E-state index contributed by atoms with van der Waals surface area (Å²) in [5.41, 5.74) is 0.0757. The Morgan fingerprint density at radius 1 is 1.31 bits per heavy atom. The normalized spacial score (nSPS) is 14.1. The van der Waals surface area contributed by atoms with Crippen LogP contribution in [0.4, 0.5) is 0 Å². The maximum atomic E-state index is 11.0. The van der Waals surface area contributed by atoms with Gasteiger partial charge in [0.2, 0.25) is 0 Å². The molecule has 1 heterocycles. The summed E-state index contributed by atoms with van der Waals surface area (Å²) in [5, 5.41) is 8.99. The lowest BCUT2D eigenvalue weighted by molar-refractivity contribution is 0.0692. The molecule has 0 unspecified atom stereocenters. The highest BCUT2D eigenvalue weighted by molar-refractivity contribution is 5.92. The highest BCUT2D eigenvalue weighted by atomic mass is 16.5. The van der Waals surface area contributed by atoms with Gasteiger partial charge in [-0.25, -0.2) is 4.79 Å². The fraction of sp³-hybridized carbons (Fsp3) is 0.364. The number of carbonyl (C=O) groups is 1. The molecule has 0 bridgehead atoms. The smallest absolute Gasteiger partial charge is 0.339 e. The summed E-state index contributed by atoms with van der Waals surface area (Å²) in [4.78, 5) is 11.0. The van der Waals surface area contributed by atoms with Crippen LogP contribution in [-0.2, 0) is 0 Å². The van der Waals surface area contributed by atoms with Gasteiger partial charge in [0.25, 0.3) is 0 Å². The molecule has 5 heteroatoms. The number of ether oxygens (including phenoxy) is 3. The maximum Gasteiger partial charge on any atom is 0.339 e. The fourth-order valence-corrected chi connectivity index (χ4v) is 1.53. The number of rotatable bonds is 2. The minimum Gasteiger partial charge on any atom is -0.496 e. The van der Waals surface area contributed by atoms with Crippen molar-refractivity contribution in [2.45, 2.75) is 6.42 Å². The first-order chi connectivity index (χ1) is 7.72. The van der Waals surface area contributed by atoms with E-state index in [0.29, 0.717) is 24.7 Å². The zero-order valence-electron chi connectivity index (χ0n) is 8.86. The van der Waals surface area contributed by atoms with Gasteiger partial charge >= 0.3 is 5.97 Å². The van der Waals surface area contributed by atoms with Crippen LogP contribution >= 0.6 is 0 Å². The summed E-state index contributed by atoms with van der Waals surface area (Å²) < 4.78 is 15.8.